The highest BCUT2D eigenvalue weighted by atomic mass is 16.6. The molecule has 1 saturated carbocycles. The Morgan fingerprint density at radius 2 is 2.22 bits per heavy atom. The van der Waals surface area contributed by atoms with Crippen LogP contribution >= 0.6 is 0 Å². The van der Waals surface area contributed by atoms with Gasteiger partial charge in [0, 0.05) is 18.7 Å². The minimum absolute atomic E-state index is 0.00721. The second-order valence-corrected chi connectivity index (χ2v) is 4.85. The Labute approximate surface area is 107 Å². The first-order valence-electron chi connectivity index (χ1n) is 6.38. The quantitative estimate of drug-likeness (QED) is 0.477. The van der Waals surface area contributed by atoms with Gasteiger partial charge in [-0.3, -0.25) is 15.0 Å². The molecule has 98 valence electrons. The molecule has 18 heavy (non-hydrogen) atoms. The van der Waals surface area contributed by atoms with Crippen LogP contribution in [0.25, 0.3) is 0 Å². The molecule has 0 atom stereocenters. The summed E-state index contributed by atoms with van der Waals surface area (Å²) < 4.78 is 0. The molecular formula is C13H19N3O2. The van der Waals surface area contributed by atoms with Crippen molar-refractivity contribution in [1.29, 1.82) is 0 Å². The molecular weight excluding hydrogens is 230 g/mol. The van der Waals surface area contributed by atoms with Gasteiger partial charge in [0.05, 0.1) is 4.92 Å². The molecule has 1 aliphatic rings. The SMILES string of the molecule is CCCN(Cc1ccc([N+](=O)[O-])c(N)c1)C1CC1. The van der Waals surface area contributed by atoms with E-state index >= 15 is 0 Å². The zero-order valence-corrected chi connectivity index (χ0v) is 10.6. The van der Waals surface area contributed by atoms with Crippen LogP contribution in [0.4, 0.5) is 11.4 Å². The number of nitrogens with zero attached hydrogens (tertiary/aromatic N) is 2. The van der Waals surface area contributed by atoms with Gasteiger partial charge in [-0.25, -0.2) is 0 Å². The van der Waals surface area contributed by atoms with Crippen molar-refractivity contribution in [3.05, 3.63) is 33.9 Å². The lowest BCUT2D eigenvalue weighted by molar-refractivity contribution is -0.383. The van der Waals surface area contributed by atoms with Crippen molar-refractivity contribution in [3.63, 3.8) is 0 Å². The number of hydrogen-bond donors (Lipinski definition) is 1. The Hall–Kier alpha value is -1.62. The first-order valence-corrected chi connectivity index (χ1v) is 6.38. The number of nitro groups is 1. The van der Waals surface area contributed by atoms with Crippen molar-refractivity contribution < 1.29 is 4.92 Å². The third kappa shape index (κ3) is 2.98. The Kier molecular flexibility index (Phi) is 3.81. The highest BCUT2D eigenvalue weighted by molar-refractivity contribution is 5.59. The second kappa shape index (κ2) is 5.35. The lowest BCUT2D eigenvalue weighted by atomic mass is 10.1. The summed E-state index contributed by atoms with van der Waals surface area (Å²) in [6.07, 6.45) is 3.66. The molecule has 0 radical (unpaired) electrons. The predicted molar refractivity (Wildman–Crippen MR) is 71.2 cm³/mol. The van der Waals surface area contributed by atoms with Crippen LogP contribution in [0.5, 0.6) is 0 Å². The molecule has 1 aliphatic carbocycles. The van der Waals surface area contributed by atoms with Crippen LogP contribution in [-0.2, 0) is 6.54 Å². The molecule has 1 fully saturated rings. The molecule has 2 rings (SSSR count). The van der Waals surface area contributed by atoms with E-state index in [1.54, 1.807) is 12.1 Å². The molecule has 0 aromatic heterocycles. The van der Waals surface area contributed by atoms with Gasteiger partial charge in [-0.2, -0.15) is 0 Å². The van der Waals surface area contributed by atoms with Crippen LogP contribution in [0.3, 0.4) is 0 Å². The summed E-state index contributed by atoms with van der Waals surface area (Å²) in [7, 11) is 0. The Bertz CT molecular complexity index is 444. The van der Waals surface area contributed by atoms with E-state index in [0.717, 1.165) is 25.1 Å². The van der Waals surface area contributed by atoms with Crippen molar-refractivity contribution >= 4 is 11.4 Å². The minimum atomic E-state index is -0.441. The summed E-state index contributed by atoms with van der Waals surface area (Å²) >= 11 is 0. The van der Waals surface area contributed by atoms with E-state index in [4.69, 9.17) is 5.73 Å². The molecule has 0 aliphatic heterocycles. The standard InChI is InChI=1S/C13H19N3O2/c1-2-7-15(11-4-5-11)9-10-3-6-13(16(17)18)12(14)8-10/h3,6,8,11H,2,4-5,7,9,14H2,1H3. The smallest absolute Gasteiger partial charge is 0.292 e. The van der Waals surface area contributed by atoms with Crippen molar-refractivity contribution in [3.8, 4) is 0 Å². The van der Waals surface area contributed by atoms with Crippen LogP contribution < -0.4 is 5.73 Å². The van der Waals surface area contributed by atoms with Gasteiger partial charge in [0.2, 0.25) is 0 Å². The van der Waals surface area contributed by atoms with Gasteiger partial charge in [-0.1, -0.05) is 13.0 Å². The zero-order chi connectivity index (χ0) is 13.1. The van der Waals surface area contributed by atoms with Crippen LogP contribution in [0.2, 0.25) is 0 Å². The van der Waals surface area contributed by atoms with Gasteiger partial charge in [0.1, 0.15) is 5.69 Å². The van der Waals surface area contributed by atoms with Crippen molar-refractivity contribution in [1.82, 2.24) is 4.90 Å². The van der Waals surface area contributed by atoms with E-state index in [1.165, 1.54) is 18.9 Å². The fraction of sp³-hybridized carbons (Fsp3) is 0.538. The van der Waals surface area contributed by atoms with E-state index in [9.17, 15) is 10.1 Å². The van der Waals surface area contributed by atoms with Gasteiger partial charge in [-0.15, -0.1) is 0 Å². The first kappa shape index (κ1) is 12.8. The number of rotatable bonds is 6. The van der Waals surface area contributed by atoms with Gasteiger partial charge < -0.3 is 5.73 Å². The first-order chi connectivity index (χ1) is 8.61. The van der Waals surface area contributed by atoms with Crippen LogP contribution in [0.15, 0.2) is 18.2 Å². The summed E-state index contributed by atoms with van der Waals surface area (Å²) in [4.78, 5) is 12.7. The van der Waals surface area contributed by atoms with Gasteiger partial charge >= 0.3 is 0 Å². The molecule has 1 aromatic carbocycles. The normalized spacial score (nSPS) is 15.0. The summed E-state index contributed by atoms with van der Waals surface area (Å²) in [6, 6.07) is 5.73. The highest BCUT2D eigenvalue weighted by Crippen LogP contribution is 2.29. The molecule has 5 heteroatoms. The molecule has 1 aromatic rings. The second-order valence-electron chi connectivity index (χ2n) is 4.85. The van der Waals surface area contributed by atoms with Gasteiger partial charge in [0.15, 0.2) is 0 Å². The largest absolute Gasteiger partial charge is 0.393 e. The van der Waals surface area contributed by atoms with Gasteiger partial charge in [0.25, 0.3) is 5.69 Å². The summed E-state index contributed by atoms with van der Waals surface area (Å²) in [5.41, 5.74) is 7.00. The lowest BCUT2D eigenvalue weighted by Crippen LogP contribution is -2.26. The third-order valence-corrected chi connectivity index (χ3v) is 3.25. The number of nitrogen functional groups attached to an aromatic ring is 1. The Morgan fingerprint density at radius 3 is 2.72 bits per heavy atom. The summed E-state index contributed by atoms with van der Waals surface area (Å²) in [5, 5.41) is 10.7. The van der Waals surface area contributed by atoms with E-state index in [-0.39, 0.29) is 11.4 Å². The molecule has 0 spiro atoms. The van der Waals surface area contributed by atoms with Crippen LogP contribution in [-0.4, -0.2) is 22.4 Å². The molecule has 5 nitrogen and oxygen atoms in total. The highest BCUT2D eigenvalue weighted by Gasteiger charge is 2.28. The topological polar surface area (TPSA) is 72.4 Å². The zero-order valence-electron chi connectivity index (χ0n) is 10.6. The van der Waals surface area contributed by atoms with E-state index in [2.05, 4.69) is 11.8 Å². The fourth-order valence-corrected chi connectivity index (χ4v) is 2.22. The molecule has 0 bridgehead atoms. The number of hydrogen-bond acceptors (Lipinski definition) is 4. The number of nitrogens with two attached hydrogens (primary N) is 1. The summed E-state index contributed by atoms with van der Waals surface area (Å²) in [5.74, 6) is 0. The Balaban J connectivity index is 2.08. The van der Waals surface area contributed by atoms with Crippen LogP contribution in [0, 0.1) is 10.1 Å². The molecule has 0 heterocycles. The van der Waals surface area contributed by atoms with Crippen molar-refractivity contribution in [2.45, 2.75) is 38.8 Å². The molecule has 0 saturated heterocycles. The van der Waals surface area contributed by atoms with Crippen LogP contribution in [0.1, 0.15) is 31.7 Å². The van der Waals surface area contributed by atoms with E-state index in [0.29, 0.717) is 6.04 Å². The molecule has 0 amide bonds. The lowest BCUT2D eigenvalue weighted by Gasteiger charge is -2.21. The average molecular weight is 249 g/mol. The maximum atomic E-state index is 10.7. The number of benzene rings is 1. The number of nitro benzene ring substituents is 1. The van der Waals surface area contributed by atoms with E-state index < -0.39 is 4.92 Å². The summed E-state index contributed by atoms with van der Waals surface area (Å²) in [6.45, 7) is 4.07. The number of anilines is 1. The Morgan fingerprint density at radius 1 is 1.50 bits per heavy atom. The predicted octanol–water partition coefficient (Wildman–Crippen LogP) is 2.55. The average Bonchev–Trinajstić information content (AvgIpc) is 3.11. The maximum absolute atomic E-state index is 10.7. The van der Waals surface area contributed by atoms with Crippen molar-refractivity contribution in [2.24, 2.45) is 0 Å². The maximum Gasteiger partial charge on any atom is 0.292 e. The van der Waals surface area contributed by atoms with E-state index in [1.807, 2.05) is 0 Å². The monoisotopic (exact) mass is 249 g/mol. The third-order valence-electron chi connectivity index (χ3n) is 3.25. The van der Waals surface area contributed by atoms with Crippen molar-refractivity contribution in [2.75, 3.05) is 12.3 Å². The molecule has 0 unspecified atom stereocenters. The minimum Gasteiger partial charge on any atom is -0.393 e. The van der Waals surface area contributed by atoms with Gasteiger partial charge in [-0.05, 0) is 37.4 Å². The fourth-order valence-electron chi connectivity index (χ4n) is 2.22. The molecule has 2 N–H and O–H groups in total.